The minimum absolute atomic E-state index is 0.784. The number of carbonyl (C=O) groups excluding carboxylic acids is 1. The highest BCUT2D eigenvalue weighted by molar-refractivity contribution is 7.26. The number of hydrogen-bond donors (Lipinski definition) is 0. The molecule has 0 aromatic carbocycles. The Bertz CT molecular complexity index is 688. The van der Waals surface area contributed by atoms with Crippen molar-refractivity contribution in [2.45, 2.75) is 20.8 Å². The fourth-order valence-electron chi connectivity index (χ4n) is 1.72. The quantitative estimate of drug-likeness (QED) is 0.514. The van der Waals surface area contributed by atoms with Gasteiger partial charge in [-0.25, -0.2) is 0 Å². The van der Waals surface area contributed by atoms with E-state index in [0.29, 0.717) is 0 Å². The molecule has 0 fully saturated rings. The molecule has 0 radical (unpaired) electrons. The number of thiophene rings is 3. The van der Waals surface area contributed by atoms with Gasteiger partial charge in [-0.15, -0.1) is 34.0 Å². The summed E-state index contributed by atoms with van der Waals surface area (Å²) >= 11 is 5.14. The average molecular weight is 321 g/mol. The molecule has 1 nitrogen and oxygen atoms in total. The Morgan fingerprint density at radius 2 is 1.25 bits per heavy atom. The fraction of sp³-hybridized carbons (Fsp3) is 0.188. The Labute approximate surface area is 131 Å². The van der Waals surface area contributed by atoms with Crippen molar-refractivity contribution < 1.29 is 4.79 Å². The van der Waals surface area contributed by atoms with Gasteiger partial charge in [-0.3, -0.25) is 4.79 Å². The Hall–Kier alpha value is -1.23. The lowest BCUT2D eigenvalue weighted by Gasteiger charge is -1.90. The van der Waals surface area contributed by atoms with Gasteiger partial charge in [0.15, 0.2) is 6.29 Å². The highest BCUT2D eigenvalue weighted by Crippen LogP contribution is 2.39. The monoisotopic (exact) mass is 320 g/mol. The summed E-state index contributed by atoms with van der Waals surface area (Å²) < 4.78 is 0. The van der Waals surface area contributed by atoms with Crippen LogP contribution in [0.25, 0.3) is 19.5 Å². The van der Waals surface area contributed by atoms with E-state index in [4.69, 9.17) is 0 Å². The van der Waals surface area contributed by atoms with Gasteiger partial charge in [0, 0.05) is 24.4 Å². The van der Waals surface area contributed by atoms with Crippen LogP contribution in [0.4, 0.5) is 0 Å². The molecule has 3 rings (SSSR count). The van der Waals surface area contributed by atoms with E-state index in [-0.39, 0.29) is 0 Å². The third-order valence-corrected chi connectivity index (χ3v) is 6.06. The molecule has 104 valence electrons. The second-order valence-corrected chi connectivity index (χ2v) is 7.38. The van der Waals surface area contributed by atoms with Crippen molar-refractivity contribution in [2.75, 3.05) is 0 Å². The van der Waals surface area contributed by atoms with Crippen LogP contribution in [0, 0.1) is 6.92 Å². The van der Waals surface area contributed by atoms with Gasteiger partial charge in [-0.1, -0.05) is 13.8 Å². The van der Waals surface area contributed by atoms with Crippen molar-refractivity contribution in [3.05, 3.63) is 46.2 Å². The lowest BCUT2D eigenvalue weighted by Crippen LogP contribution is -1.62. The first-order chi connectivity index (χ1) is 9.76. The Balaban J connectivity index is 0.000000704. The number of rotatable bonds is 3. The number of hydrogen-bond acceptors (Lipinski definition) is 4. The minimum Gasteiger partial charge on any atom is -0.297 e. The van der Waals surface area contributed by atoms with E-state index in [1.165, 1.54) is 24.4 Å². The van der Waals surface area contributed by atoms with E-state index in [9.17, 15) is 4.79 Å². The van der Waals surface area contributed by atoms with Gasteiger partial charge in [-0.2, -0.15) is 0 Å². The molecule has 4 heteroatoms. The van der Waals surface area contributed by atoms with Gasteiger partial charge in [-0.05, 0) is 43.3 Å². The smallest absolute Gasteiger partial charge is 0.160 e. The SMILES string of the molecule is CC.Cc1ccc(-c2ccc(-c3ccc(C=O)s3)s2)s1. The highest BCUT2D eigenvalue weighted by Gasteiger charge is 2.08. The van der Waals surface area contributed by atoms with E-state index >= 15 is 0 Å². The first kappa shape index (κ1) is 15.2. The predicted molar refractivity (Wildman–Crippen MR) is 92.4 cm³/mol. The maximum atomic E-state index is 10.7. The summed E-state index contributed by atoms with van der Waals surface area (Å²) in [6.07, 6.45) is 0.908. The fourth-order valence-corrected chi connectivity index (χ4v) is 4.60. The molecule has 0 N–H and O–H groups in total. The number of carbonyl (C=O) groups is 1. The maximum absolute atomic E-state index is 10.7. The first-order valence-electron chi connectivity index (χ1n) is 6.48. The van der Waals surface area contributed by atoms with Crippen LogP contribution in [0.5, 0.6) is 0 Å². The van der Waals surface area contributed by atoms with Crippen LogP contribution >= 0.6 is 34.0 Å². The van der Waals surface area contributed by atoms with Crippen LogP contribution in [-0.4, -0.2) is 6.29 Å². The van der Waals surface area contributed by atoms with Gasteiger partial charge in [0.05, 0.1) is 4.88 Å². The second kappa shape index (κ2) is 6.97. The van der Waals surface area contributed by atoms with E-state index in [0.717, 1.165) is 11.2 Å². The molecule has 0 aliphatic rings. The lowest BCUT2D eigenvalue weighted by molar-refractivity contribution is 0.112. The van der Waals surface area contributed by atoms with Crippen LogP contribution in [0.2, 0.25) is 0 Å². The molecular formula is C16H16OS3. The Morgan fingerprint density at radius 1 is 0.750 bits per heavy atom. The third kappa shape index (κ3) is 3.26. The molecule has 0 bridgehead atoms. The second-order valence-electron chi connectivity index (χ2n) is 3.89. The van der Waals surface area contributed by atoms with Crippen molar-refractivity contribution in [1.82, 2.24) is 0 Å². The predicted octanol–water partition coefficient (Wildman–Crippen LogP) is 6.35. The highest BCUT2D eigenvalue weighted by atomic mass is 32.1. The summed E-state index contributed by atoms with van der Waals surface area (Å²) in [6, 6.07) is 12.5. The van der Waals surface area contributed by atoms with E-state index < -0.39 is 0 Å². The van der Waals surface area contributed by atoms with Gasteiger partial charge in [0.1, 0.15) is 0 Å². The van der Waals surface area contributed by atoms with Crippen molar-refractivity contribution in [1.29, 1.82) is 0 Å². The summed E-state index contributed by atoms with van der Waals surface area (Å²) in [5.74, 6) is 0. The molecular weight excluding hydrogens is 304 g/mol. The van der Waals surface area contributed by atoms with Crippen LogP contribution in [0.15, 0.2) is 36.4 Å². The third-order valence-electron chi connectivity index (χ3n) is 2.57. The molecule has 3 heterocycles. The summed E-state index contributed by atoms with van der Waals surface area (Å²) in [5, 5.41) is 0. The molecule has 0 unspecified atom stereocenters. The summed E-state index contributed by atoms with van der Waals surface area (Å²) in [5.41, 5.74) is 0. The molecule has 0 aliphatic heterocycles. The van der Waals surface area contributed by atoms with Crippen molar-refractivity contribution in [3.8, 4) is 19.5 Å². The zero-order chi connectivity index (χ0) is 14.5. The van der Waals surface area contributed by atoms with Crippen LogP contribution < -0.4 is 0 Å². The standard InChI is InChI=1S/C14H10OS3.C2H6/c1-9-2-4-11(16-9)13-6-7-14(18-13)12-5-3-10(8-15)17-12;1-2/h2-8H,1H3;1-2H3. The molecule has 0 saturated heterocycles. The molecule has 0 spiro atoms. The number of aryl methyl sites for hydroxylation is 1. The van der Waals surface area contributed by atoms with Gasteiger partial charge in [0.2, 0.25) is 0 Å². The molecule has 3 aromatic rings. The Morgan fingerprint density at radius 3 is 1.75 bits per heavy atom. The molecule has 0 amide bonds. The topological polar surface area (TPSA) is 17.1 Å². The molecule has 3 aromatic heterocycles. The Kier molecular flexibility index (Phi) is 5.29. The molecule has 0 saturated carbocycles. The summed E-state index contributed by atoms with van der Waals surface area (Å²) in [6.45, 7) is 6.12. The molecule has 0 aliphatic carbocycles. The van der Waals surface area contributed by atoms with E-state index in [1.54, 1.807) is 22.7 Å². The first-order valence-corrected chi connectivity index (χ1v) is 8.93. The normalized spacial score (nSPS) is 9.95. The summed E-state index contributed by atoms with van der Waals surface area (Å²) in [4.78, 5) is 17.8. The van der Waals surface area contributed by atoms with Crippen molar-refractivity contribution >= 4 is 40.3 Å². The van der Waals surface area contributed by atoms with Crippen molar-refractivity contribution in [3.63, 3.8) is 0 Å². The molecule has 20 heavy (non-hydrogen) atoms. The molecule has 0 atom stereocenters. The average Bonchev–Trinajstić information content (AvgIpc) is 3.20. The van der Waals surface area contributed by atoms with Gasteiger partial charge >= 0.3 is 0 Å². The van der Waals surface area contributed by atoms with Gasteiger partial charge < -0.3 is 0 Å². The minimum atomic E-state index is 0.784. The largest absolute Gasteiger partial charge is 0.297 e. The van der Waals surface area contributed by atoms with Gasteiger partial charge in [0.25, 0.3) is 0 Å². The van der Waals surface area contributed by atoms with Crippen LogP contribution in [-0.2, 0) is 0 Å². The van der Waals surface area contributed by atoms with Crippen molar-refractivity contribution in [2.24, 2.45) is 0 Å². The van der Waals surface area contributed by atoms with E-state index in [2.05, 4.69) is 31.2 Å². The summed E-state index contributed by atoms with van der Waals surface area (Å²) in [7, 11) is 0. The lowest BCUT2D eigenvalue weighted by atomic mass is 10.3. The zero-order valence-corrected chi connectivity index (χ0v) is 14.1. The van der Waals surface area contributed by atoms with Crippen LogP contribution in [0.3, 0.4) is 0 Å². The van der Waals surface area contributed by atoms with Crippen LogP contribution in [0.1, 0.15) is 28.4 Å². The van der Waals surface area contributed by atoms with E-state index in [1.807, 2.05) is 37.3 Å². The number of aldehydes is 1. The maximum Gasteiger partial charge on any atom is 0.160 e. The zero-order valence-electron chi connectivity index (χ0n) is 11.7.